The maximum absolute atomic E-state index is 9.27. The third kappa shape index (κ3) is 3.34. The maximum Gasteiger partial charge on any atom is 0.148 e. The lowest BCUT2D eigenvalue weighted by Gasteiger charge is -2.37. The van der Waals surface area contributed by atoms with Crippen molar-refractivity contribution < 1.29 is 9.84 Å². The fourth-order valence-corrected chi connectivity index (χ4v) is 2.79. The summed E-state index contributed by atoms with van der Waals surface area (Å²) in [6, 6.07) is 0. The highest BCUT2D eigenvalue weighted by atomic mass is 79.9. The first-order valence-corrected chi connectivity index (χ1v) is 7.20. The lowest BCUT2D eigenvalue weighted by molar-refractivity contribution is -0.0423. The number of hydrogen-bond acceptors (Lipinski definition) is 6. The van der Waals surface area contributed by atoms with Crippen LogP contribution in [0, 0.1) is 0 Å². The number of morpholine rings is 1. The normalized spacial score (nSPS) is 23.5. The average molecular weight is 331 g/mol. The predicted molar refractivity (Wildman–Crippen MR) is 77.5 cm³/mol. The standard InChI is InChI=1S/C12H19BrN4O2/c1-3-14-11-10(13)12(16-7-15-11)17-4-8(2)19-9(5-17)6-18/h7-9,18H,3-6H2,1-2H3,(H,14,15,16). The van der Waals surface area contributed by atoms with Crippen LogP contribution in [-0.2, 0) is 4.74 Å². The monoisotopic (exact) mass is 330 g/mol. The fraction of sp³-hybridized carbons (Fsp3) is 0.667. The van der Waals surface area contributed by atoms with Crippen molar-refractivity contribution in [1.29, 1.82) is 0 Å². The summed E-state index contributed by atoms with van der Waals surface area (Å²) in [6.07, 6.45) is 1.44. The first-order chi connectivity index (χ1) is 9.15. The van der Waals surface area contributed by atoms with Crippen LogP contribution in [0.2, 0.25) is 0 Å². The minimum absolute atomic E-state index is 0.0175. The lowest BCUT2D eigenvalue weighted by atomic mass is 10.2. The quantitative estimate of drug-likeness (QED) is 0.866. The highest BCUT2D eigenvalue weighted by molar-refractivity contribution is 9.10. The second-order valence-electron chi connectivity index (χ2n) is 4.55. The van der Waals surface area contributed by atoms with Gasteiger partial charge in [-0.2, -0.15) is 0 Å². The van der Waals surface area contributed by atoms with Crippen LogP contribution >= 0.6 is 15.9 Å². The number of nitrogens with one attached hydrogen (secondary N) is 1. The van der Waals surface area contributed by atoms with Crippen molar-refractivity contribution in [1.82, 2.24) is 9.97 Å². The van der Waals surface area contributed by atoms with Crippen LogP contribution in [0.5, 0.6) is 0 Å². The van der Waals surface area contributed by atoms with Crippen molar-refractivity contribution >= 4 is 27.6 Å². The maximum atomic E-state index is 9.27. The van der Waals surface area contributed by atoms with Crippen LogP contribution in [0.15, 0.2) is 10.8 Å². The molecule has 2 unspecified atom stereocenters. The van der Waals surface area contributed by atoms with Crippen LogP contribution in [0.25, 0.3) is 0 Å². The Morgan fingerprint density at radius 3 is 3.00 bits per heavy atom. The van der Waals surface area contributed by atoms with Crippen molar-refractivity contribution in [2.45, 2.75) is 26.1 Å². The van der Waals surface area contributed by atoms with Gasteiger partial charge in [0.1, 0.15) is 22.4 Å². The number of hydrogen-bond donors (Lipinski definition) is 2. The summed E-state index contributed by atoms with van der Waals surface area (Å²) >= 11 is 3.55. The topological polar surface area (TPSA) is 70.5 Å². The highest BCUT2D eigenvalue weighted by Crippen LogP contribution is 2.31. The summed E-state index contributed by atoms with van der Waals surface area (Å²) < 4.78 is 6.49. The van der Waals surface area contributed by atoms with Crippen molar-refractivity contribution in [3.8, 4) is 0 Å². The Hall–Kier alpha value is -0.920. The number of aromatic nitrogens is 2. The molecule has 1 aromatic heterocycles. The molecule has 0 aliphatic carbocycles. The van der Waals surface area contributed by atoms with Gasteiger partial charge in [0, 0.05) is 19.6 Å². The molecule has 0 spiro atoms. The van der Waals surface area contributed by atoms with E-state index in [2.05, 4.69) is 36.1 Å². The molecule has 0 bridgehead atoms. The van der Waals surface area contributed by atoms with Gasteiger partial charge in [-0.3, -0.25) is 0 Å². The van der Waals surface area contributed by atoms with E-state index in [1.165, 1.54) is 0 Å². The molecule has 1 aliphatic rings. The summed E-state index contributed by atoms with van der Waals surface area (Å²) in [4.78, 5) is 10.7. The van der Waals surface area contributed by atoms with Crippen LogP contribution in [-0.4, -0.2) is 53.5 Å². The Bertz CT molecular complexity index is 432. The molecule has 0 aromatic carbocycles. The SMILES string of the molecule is CCNc1ncnc(N2CC(C)OC(CO)C2)c1Br. The minimum atomic E-state index is -0.173. The van der Waals surface area contributed by atoms with Gasteiger partial charge in [0.15, 0.2) is 0 Å². The fourth-order valence-electron chi connectivity index (χ4n) is 2.19. The third-order valence-electron chi connectivity index (χ3n) is 2.94. The van der Waals surface area contributed by atoms with E-state index >= 15 is 0 Å². The zero-order valence-electron chi connectivity index (χ0n) is 11.1. The van der Waals surface area contributed by atoms with Crippen molar-refractivity contribution in [3.05, 3.63) is 10.8 Å². The van der Waals surface area contributed by atoms with Crippen LogP contribution in [0.1, 0.15) is 13.8 Å². The summed E-state index contributed by atoms with van der Waals surface area (Å²) in [5, 5.41) is 12.5. The zero-order chi connectivity index (χ0) is 13.8. The smallest absolute Gasteiger partial charge is 0.148 e. The molecule has 1 aromatic rings. The van der Waals surface area contributed by atoms with Crippen LogP contribution < -0.4 is 10.2 Å². The number of halogens is 1. The van der Waals surface area contributed by atoms with E-state index in [0.29, 0.717) is 6.54 Å². The summed E-state index contributed by atoms with van der Waals surface area (Å²) in [5.41, 5.74) is 0. The largest absolute Gasteiger partial charge is 0.394 e. The summed E-state index contributed by atoms with van der Waals surface area (Å²) in [5.74, 6) is 1.62. The van der Waals surface area contributed by atoms with Gasteiger partial charge in [0.25, 0.3) is 0 Å². The zero-order valence-corrected chi connectivity index (χ0v) is 12.7. The molecule has 2 heterocycles. The molecule has 1 aliphatic heterocycles. The Kier molecular flexibility index (Phi) is 4.95. The lowest BCUT2D eigenvalue weighted by Crippen LogP contribution is -2.48. The second-order valence-corrected chi connectivity index (χ2v) is 5.34. The number of rotatable bonds is 4. The summed E-state index contributed by atoms with van der Waals surface area (Å²) in [7, 11) is 0. The molecule has 1 saturated heterocycles. The van der Waals surface area contributed by atoms with Gasteiger partial charge in [0.05, 0.1) is 18.8 Å². The molecular weight excluding hydrogens is 312 g/mol. The Labute approximate surface area is 121 Å². The van der Waals surface area contributed by atoms with Crippen LogP contribution in [0.3, 0.4) is 0 Å². The molecule has 0 amide bonds. The number of ether oxygens (including phenoxy) is 1. The minimum Gasteiger partial charge on any atom is -0.394 e. The van der Waals surface area contributed by atoms with Gasteiger partial charge in [-0.15, -0.1) is 0 Å². The number of aliphatic hydroxyl groups is 1. The molecule has 2 atom stereocenters. The van der Waals surface area contributed by atoms with Crippen molar-refractivity contribution in [3.63, 3.8) is 0 Å². The summed E-state index contributed by atoms with van der Waals surface area (Å²) in [6.45, 7) is 6.21. The number of anilines is 2. The van der Waals surface area contributed by atoms with E-state index in [9.17, 15) is 5.11 Å². The molecular formula is C12H19BrN4O2. The molecule has 2 rings (SSSR count). The van der Waals surface area contributed by atoms with Crippen molar-refractivity contribution in [2.75, 3.05) is 36.5 Å². The number of nitrogens with zero attached hydrogens (tertiary/aromatic N) is 3. The Morgan fingerprint density at radius 2 is 2.32 bits per heavy atom. The molecule has 0 radical (unpaired) electrons. The van der Waals surface area contributed by atoms with E-state index in [1.807, 2.05) is 13.8 Å². The van der Waals surface area contributed by atoms with Gasteiger partial charge < -0.3 is 20.1 Å². The highest BCUT2D eigenvalue weighted by Gasteiger charge is 2.27. The first-order valence-electron chi connectivity index (χ1n) is 6.41. The van der Waals surface area contributed by atoms with E-state index in [-0.39, 0.29) is 18.8 Å². The Balaban J connectivity index is 2.23. The first kappa shape index (κ1) is 14.5. The van der Waals surface area contributed by atoms with E-state index in [4.69, 9.17) is 4.74 Å². The molecule has 19 heavy (non-hydrogen) atoms. The van der Waals surface area contributed by atoms with E-state index in [0.717, 1.165) is 29.2 Å². The van der Waals surface area contributed by atoms with Crippen molar-refractivity contribution in [2.24, 2.45) is 0 Å². The Morgan fingerprint density at radius 1 is 1.53 bits per heavy atom. The van der Waals surface area contributed by atoms with Gasteiger partial charge in [-0.25, -0.2) is 9.97 Å². The molecule has 6 nitrogen and oxygen atoms in total. The second kappa shape index (κ2) is 6.49. The van der Waals surface area contributed by atoms with Crippen LogP contribution in [0.4, 0.5) is 11.6 Å². The van der Waals surface area contributed by atoms with Gasteiger partial charge in [0.2, 0.25) is 0 Å². The molecule has 0 saturated carbocycles. The van der Waals surface area contributed by atoms with Gasteiger partial charge in [-0.05, 0) is 29.8 Å². The molecule has 1 fully saturated rings. The molecule has 106 valence electrons. The average Bonchev–Trinajstić information content (AvgIpc) is 2.40. The molecule has 2 N–H and O–H groups in total. The number of aliphatic hydroxyl groups excluding tert-OH is 1. The predicted octanol–water partition coefficient (Wildman–Crippen LogP) is 1.26. The third-order valence-corrected chi connectivity index (χ3v) is 3.67. The van der Waals surface area contributed by atoms with E-state index < -0.39 is 0 Å². The van der Waals surface area contributed by atoms with E-state index in [1.54, 1.807) is 6.33 Å². The van der Waals surface area contributed by atoms with Gasteiger partial charge in [-0.1, -0.05) is 0 Å². The van der Waals surface area contributed by atoms with Gasteiger partial charge >= 0.3 is 0 Å². The molecule has 7 heteroatoms.